The van der Waals surface area contributed by atoms with E-state index in [4.69, 9.17) is 4.74 Å². The molecular formula is C14H17N3O4S2. The third-order valence-corrected chi connectivity index (χ3v) is 6.07. The SMILES string of the molecule is CCS(=O)(=O)c1nnc(NC(=O)COc2c(C)cccc2C)s1. The predicted molar refractivity (Wildman–Crippen MR) is 87.7 cm³/mol. The number of nitrogens with zero attached hydrogens (tertiary/aromatic N) is 2. The Morgan fingerprint density at radius 3 is 2.52 bits per heavy atom. The molecule has 0 bridgehead atoms. The molecule has 0 aliphatic carbocycles. The number of hydrogen-bond donors (Lipinski definition) is 1. The lowest BCUT2D eigenvalue weighted by Gasteiger charge is -2.11. The zero-order valence-electron chi connectivity index (χ0n) is 13.0. The number of hydrogen-bond acceptors (Lipinski definition) is 7. The topological polar surface area (TPSA) is 98.3 Å². The molecule has 0 unspecified atom stereocenters. The molecule has 1 amide bonds. The van der Waals surface area contributed by atoms with Crippen LogP contribution < -0.4 is 10.1 Å². The molecule has 0 atom stereocenters. The highest BCUT2D eigenvalue weighted by atomic mass is 32.2. The third-order valence-electron chi connectivity index (χ3n) is 3.06. The van der Waals surface area contributed by atoms with Crippen molar-refractivity contribution in [3.05, 3.63) is 29.3 Å². The summed E-state index contributed by atoms with van der Waals surface area (Å²) in [7, 11) is -3.42. The molecule has 0 spiro atoms. The van der Waals surface area contributed by atoms with Crippen LogP contribution >= 0.6 is 11.3 Å². The van der Waals surface area contributed by atoms with Crippen molar-refractivity contribution in [1.82, 2.24) is 10.2 Å². The Balaban J connectivity index is 1.98. The Kier molecular flexibility index (Phi) is 5.32. The van der Waals surface area contributed by atoms with Gasteiger partial charge >= 0.3 is 0 Å². The smallest absolute Gasteiger partial charge is 0.264 e. The molecule has 1 heterocycles. The fourth-order valence-electron chi connectivity index (χ4n) is 1.83. The molecule has 1 aromatic carbocycles. The van der Waals surface area contributed by atoms with E-state index in [-0.39, 0.29) is 21.8 Å². The summed E-state index contributed by atoms with van der Waals surface area (Å²) in [5.41, 5.74) is 1.87. The number of nitrogens with one attached hydrogen (secondary N) is 1. The van der Waals surface area contributed by atoms with Crippen molar-refractivity contribution in [2.45, 2.75) is 25.1 Å². The van der Waals surface area contributed by atoms with Gasteiger partial charge < -0.3 is 4.74 Å². The van der Waals surface area contributed by atoms with Crippen molar-refractivity contribution in [2.75, 3.05) is 17.7 Å². The van der Waals surface area contributed by atoms with Gasteiger partial charge in [0, 0.05) is 0 Å². The first-order valence-corrected chi connectivity index (χ1v) is 9.35. The van der Waals surface area contributed by atoms with E-state index in [1.807, 2.05) is 32.0 Å². The first-order valence-electron chi connectivity index (χ1n) is 6.88. The molecule has 0 aliphatic rings. The first kappa shape index (κ1) is 17.4. The largest absolute Gasteiger partial charge is 0.483 e. The van der Waals surface area contributed by atoms with Gasteiger partial charge in [-0.3, -0.25) is 10.1 Å². The summed E-state index contributed by atoms with van der Waals surface area (Å²) in [4.78, 5) is 11.9. The van der Waals surface area contributed by atoms with Gasteiger partial charge in [-0.15, -0.1) is 10.2 Å². The number of sulfone groups is 1. The number of ether oxygens (including phenoxy) is 1. The summed E-state index contributed by atoms with van der Waals surface area (Å²) in [6, 6.07) is 5.70. The maximum absolute atomic E-state index is 11.9. The van der Waals surface area contributed by atoms with E-state index in [9.17, 15) is 13.2 Å². The number of benzene rings is 1. The van der Waals surface area contributed by atoms with Gasteiger partial charge in [0.2, 0.25) is 19.3 Å². The zero-order valence-corrected chi connectivity index (χ0v) is 14.6. The Morgan fingerprint density at radius 2 is 1.91 bits per heavy atom. The summed E-state index contributed by atoms with van der Waals surface area (Å²) >= 11 is 0.823. The summed E-state index contributed by atoms with van der Waals surface area (Å²) in [5, 5.41) is 9.86. The van der Waals surface area contributed by atoms with Crippen molar-refractivity contribution in [3.63, 3.8) is 0 Å². The fourth-order valence-corrected chi connectivity index (χ4v) is 3.83. The second-order valence-electron chi connectivity index (χ2n) is 4.83. The van der Waals surface area contributed by atoms with Gasteiger partial charge in [-0.2, -0.15) is 0 Å². The minimum Gasteiger partial charge on any atom is -0.483 e. The Labute approximate surface area is 138 Å². The van der Waals surface area contributed by atoms with Crippen molar-refractivity contribution < 1.29 is 17.9 Å². The molecule has 2 rings (SSSR count). The quantitative estimate of drug-likeness (QED) is 0.796. The van der Waals surface area contributed by atoms with Crippen molar-refractivity contribution in [2.24, 2.45) is 0 Å². The second-order valence-corrected chi connectivity index (χ2v) is 8.26. The maximum Gasteiger partial charge on any atom is 0.264 e. The zero-order chi connectivity index (χ0) is 17.0. The lowest BCUT2D eigenvalue weighted by atomic mass is 10.1. The Bertz CT molecular complexity index is 795. The second kappa shape index (κ2) is 7.05. The van der Waals surface area contributed by atoms with Gasteiger partial charge in [0.1, 0.15) is 5.75 Å². The number of anilines is 1. The summed E-state index contributed by atoms with van der Waals surface area (Å²) in [6.07, 6.45) is 0. The van der Waals surface area contributed by atoms with Crippen LogP contribution in [0.5, 0.6) is 5.75 Å². The van der Waals surface area contributed by atoms with Gasteiger partial charge in [-0.05, 0) is 25.0 Å². The van der Waals surface area contributed by atoms with Crippen LogP contribution in [0, 0.1) is 13.8 Å². The van der Waals surface area contributed by atoms with Crippen LogP contribution in [0.3, 0.4) is 0 Å². The number of carbonyl (C=O) groups excluding carboxylic acids is 1. The molecule has 23 heavy (non-hydrogen) atoms. The molecule has 0 saturated carbocycles. The van der Waals surface area contributed by atoms with Gasteiger partial charge in [0.15, 0.2) is 6.61 Å². The molecule has 0 saturated heterocycles. The van der Waals surface area contributed by atoms with Crippen molar-refractivity contribution in [1.29, 1.82) is 0 Å². The predicted octanol–water partition coefficient (Wildman–Crippen LogP) is 1.97. The van der Waals surface area contributed by atoms with E-state index >= 15 is 0 Å². The minimum atomic E-state index is -3.42. The molecule has 124 valence electrons. The molecule has 0 fully saturated rings. The molecular weight excluding hydrogens is 338 g/mol. The van der Waals surface area contributed by atoms with Gasteiger partial charge in [-0.1, -0.05) is 36.5 Å². The first-order chi connectivity index (χ1) is 10.8. The van der Waals surface area contributed by atoms with E-state index in [1.165, 1.54) is 6.92 Å². The van der Waals surface area contributed by atoms with Crippen LogP contribution in [0.25, 0.3) is 0 Å². The fraction of sp³-hybridized carbons (Fsp3) is 0.357. The van der Waals surface area contributed by atoms with Crippen LogP contribution in [-0.4, -0.2) is 36.9 Å². The highest BCUT2D eigenvalue weighted by molar-refractivity contribution is 7.93. The summed E-state index contributed by atoms with van der Waals surface area (Å²) < 4.78 is 28.7. The average Bonchev–Trinajstić information content (AvgIpc) is 2.96. The van der Waals surface area contributed by atoms with E-state index in [1.54, 1.807) is 0 Å². The molecule has 1 N–H and O–H groups in total. The molecule has 9 heteroatoms. The number of aromatic nitrogens is 2. The van der Waals surface area contributed by atoms with Crippen molar-refractivity contribution >= 4 is 32.2 Å². The monoisotopic (exact) mass is 355 g/mol. The highest BCUT2D eigenvalue weighted by Crippen LogP contribution is 2.23. The van der Waals surface area contributed by atoms with Crippen LogP contribution in [0.2, 0.25) is 0 Å². The van der Waals surface area contributed by atoms with Crippen LogP contribution in [0.15, 0.2) is 22.5 Å². The summed E-state index contributed by atoms with van der Waals surface area (Å²) in [6.45, 7) is 5.12. The van der Waals surface area contributed by atoms with E-state index in [0.29, 0.717) is 5.75 Å². The van der Waals surface area contributed by atoms with Gasteiger partial charge in [0.25, 0.3) is 5.91 Å². The molecule has 0 aliphatic heterocycles. The van der Waals surface area contributed by atoms with E-state index in [0.717, 1.165) is 22.5 Å². The number of aryl methyl sites for hydroxylation is 2. The Hall–Kier alpha value is -2.00. The number of amides is 1. The van der Waals surface area contributed by atoms with Crippen LogP contribution in [0.4, 0.5) is 5.13 Å². The minimum absolute atomic E-state index is 0.0642. The van der Waals surface area contributed by atoms with E-state index in [2.05, 4.69) is 15.5 Å². The lowest BCUT2D eigenvalue weighted by molar-refractivity contribution is -0.118. The number of rotatable bonds is 6. The van der Waals surface area contributed by atoms with Crippen molar-refractivity contribution in [3.8, 4) is 5.75 Å². The van der Waals surface area contributed by atoms with Crippen LogP contribution in [0.1, 0.15) is 18.1 Å². The third kappa shape index (κ3) is 4.26. The highest BCUT2D eigenvalue weighted by Gasteiger charge is 2.19. The Morgan fingerprint density at radius 1 is 1.26 bits per heavy atom. The van der Waals surface area contributed by atoms with Crippen LogP contribution in [-0.2, 0) is 14.6 Å². The summed E-state index contributed by atoms with van der Waals surface area (Å²) in [5.74, 6) is 0.170. The maximum atomic E-state index is 11.9. The normalized spacial score (nSPS) is 11.3. The number of carbonyl (C=O) groups is 1. The molecule has 2 aromatic rings. The standard InChI is InChI=1S/C14H17N3O4S2/c1-4-23(19,20)14-17-16-13(22-14)15-11(18)8-21-12-9(2)6-5-7-10(12)3/h5-7H,4,8H2,1-3H3,(H,15,16,18). The average molecular weight is 355 g/mol. The van der Waals surface area contributed by atoms with E-state index < -0.39 is 15.7 Å². The van der Waals surface area contributed by atoms with Gasteiger partial charge in [-0.25, -0.2) is 8.42 Å². The van der Waals surface area contributed by atoms with Gasteiger partial charge in [0.05, 0.1) is 5.75 Å². The lowest BCUT2D eigenvalue weighted by Crippen LogP contribution is -2.20. The molecule has 0 radical (unpaired) electrons. The molecule has 7 nitrogen and oxygen atoms in total. The number of para-hydroxylation sites is 1. The molecule has 1 aromatic heterocycles.